The highest BCUT2D eigenvalue weighted by atomic mass is 16.6. The van der Waals surface area contributed by atoms with Crippen LogP contribution in [0.3, 0.4) is 0 Å². The molecule has 2 N–H and O–H groups in total. The third-order valence-electron chi connectivity index (χ3n) is 8.17. The maximum Gasteiger partial charge on any atom is 0.410 e. The van der Waals surface area contributed by atoms with E-state index in [-0.39, 0.29) is 30.2 Å². The fraction of sp³-hybridized carbons (Fsp3) is 0.688. The van der Waals surface area contributed by atoms with Gasteiger partial charge < -0.3 is 34.4 Å². The number of amides is 3. The molecule has 0 aliphatic carbocycles. The van der Waals surface area contributed by atoms with E-state index in [1.165, 1.54) is 0 Å². The lowest BCUT2D eigenvalue weighted by Gasteiger charge is -2.35. The third kappa shape index (κ3) is 10.9. The fourth-order valence-electron chi connectivity index (χ4n) is 5.77. The lowest BCUT2D eigenvalue weighted by atomic mass is 9.91. The Kier molecular flexibility index (Phi) is 12.5. The largest absolute Gasteiger partial charge is 0.493 e. The Hall–Kier alpha value is -3.50. The molecule has 240 valence electrons. The van der Waals surface area contributed by atoms with E-state index in [9.17, 15) is 24.3 Å². The number of carbonyl (C=O) groups is 4. The van der Waals surface area contributed by atoms with E-state index in [4.69, 9.17) is 14.2 Å². The molecular formula is C32H49N3O8. The van der Waals surface area contributed by atoms with Gasteiger partial charge in [-0.3, -0.25) is 14.4 Å². The van der Waals surface area contributed by atoms with E-state index in [1.54, 1.807) is 30.1 Å². The fourth-order valence-corrected chi connectivity index (χ4v) is 5.77. The minimum atomic E-state index is -0.977. The molecule has 2 atom stereocenters. The summed E-state index contributed by atoms with van der Waals surface area (Å²) in [7, 11) is 3.12. The Morgan fingerprint density at radius 2 is 1.70 bits per heavy atom. The lowest BCUT2D eigenvalue weighted by Crippen LogP contribution is -2.48. The first-order valence-corrected chi connectivity index (χ1v) is 15.4. The average Bonchev–Trinajstić information content (AvgIpc) is 2.97. The summed E-state index contributed by atoms with van der Waals surface area (Å²) in [4.78, 5) is 53.7. The highest BCUT2D eigenvalue weighted by molar-refractivity contribution is 5.82. The number of methoxy groups -OCH3 is 2. The van der Waals surface area contributed by atoms with Crippen molar-refractivity contribution in [2.75, 3.05) is 40.4 Å². The van der Waals surface area contributed by atoms with Gasteiger partial charge in [-0.15, -0.1) is 0 Å². The topological polar surface area (TPSA) is 135 Å². The summed E-state index contributed by atoms with van der Waals surface area (Å²) in [5, 5.41) is 12.4. The second-order valence-electron chi connectivity index (χ2n) is 12.7. The van der Waals surface area contributed by atoms with Crippen LogP contribution in [0.2, 0.25) is 0 Å². The predicted octanol–water partition coefficient (Wildman–Crippen LogP) is 4.26. The monoisotopic (exact) mass is 603 g/mol. The normalized spacial score (nSPS) is 18.5. The van der Waals surface area contributed by atoms with Crippen molar-refractivity contribution in [2.45, 2.75) is 90.2 Å². The summed E-state index contributed by atoms with van der Waals surface area (Å²) in [5.74, 6) is 0.0722. The molecule has 0 bridgehead atoms. The van der Waals surface area contributed by atoms with Crippen molar-refractivity contribution < 1.29 is 38.5 Å². The van der Waals surface area contributed by atoms with Crippen molar-refractivity contribution in [2.24, 2.45) is 11.8 Å². The van der Waals surface area contributed by atoms with Crippen LogP contribution in [0, 0.1) is 11.8 Å². The van der Waals surface area contributed by atoms with Crippen LogP contribution in [0.5, 0.6) is 11.5 Å². The van der Waals surface area contributed by atoms with Gasteiger partial charge in [0.05, 0.1) is 26.6 Å². The number of hydrogen-bond donors (Lipinski definition) is 2. The highest BCUT2D eigenvalue weighted by Crippen LogP contribution is 2.29. The van der Waals surface area contributed by atoms with Gasteiger partial charge in [-0.1, -0.05) is 6.07 Å². The summed E-state index contributed by atoms with van der Waals surface area (Å²) in [5.41, 5.74) is 0.430. The Balaban J connectivity index is 1.46. The maximum atomic E-state index is 13.2. The summed E-state index contributed by atoms with van der Waals surface area (Å²) in [6, 6.07) is 5.03. The second-order valence-corrected chi connectivity index (χ2v) is 12.7. The quantitative estimate of drug-likeness (QED) is 0.362. The number of aryl methyl sites for hydroxylation is 1. The average molecular weight is 604 g/mol. The number of aliphatic carboxylic acids is 1. The molecular weight excluding hydrogens is 554 g/mol. The standard InChI is InChI=1S/C32H49N3O8/c1-32(2,3)43-31(40)34-17-14-22(15-18-34)10-13-28(36)35-16-6-7-24(21-35)30(39)33-25(20-29(37)38)11-8-23-9-12-26(41-4)27(19-23)42-5/h9,12,19,22,24-25H,6-8,10-11,13-18,20-21H2,1-5H3,(H,33,39)(H,37,38)/t24-,25-/m1/s1. The number of likely N-dealkylation sites (tertiary alicyclic amines) is 2. The molecule has 0 aromatic heterocycles. The molecule has 2 aliphatic rings. The van der Waals surface area contributed by atoms with Gasteiger partial charge in [-0.25, -0.2) is 4.79 Å². The minimum absolute atomic E-state index is 0.0441. The first-order valence-electron chi connectivity index (χ1n) is 15.4. The van der Waals surface area contributed by atoms with Gasteiger partial charge in [0.1, 0.15) is 5.60 Å². The van der Waals surface area contributed by atoms with E-state index >= 15 is 0 Å². The Morgan fingerprint density at radius 1 is 1.00 bits per heavy atom. The van der Waals surface area contributed by atoms with Crippen LogP contribution in [0.15, 0.2) is 18.2 Å². The van der Waals surface area contributed by atoms with Crippen LogP contribution < -0.4 is 14.8 Å². The number of hydrogen-bond acceptors (Lipinski definition) is 7. The third-order valence-corrected chi connectivity index (χ3v) is 8.17. The zero-order valence-electron chi connectivity index (χ0n) is 26.4. The zero-order valence-corrected chi connectivity index (χ0v) is 26.4. The molecule has 1 aromatic rings. The van der Waals surface area contributed by atoms with Crippen molar-refractivity contribution in [3.05, 3.63) is 23.8 Å². The summed E-state index contributed by atoms with van der Waals surface area (Å²) >= 11 is 0. The summed E-state index contributed by atoms with van der Waals surface area (Å²) in [6.45, 7) is 7.79. The number of carboxylic acid groups (broad SMARTS) is 1. The summed E-state index contributed by atoms with van der Waals surface area (Å²) in [6.07, 6.45) is 4.79. The molecule has 2 saturated heterocycles. The molecule has 11 heteroatoms. The molecule has 0 saturated carbocycles. The van der Waals surface area contributed by atoms with Crippen molar-refractivity contribution in [3.8, 4) is 11.5 Å². The molecule has 0 radical (unpaired) electrons. The van der Waals surface area contributed by atoms with Gasteiger partial charge in [0.2, 0.25) is 11.8 Å². The van der Waals surface area contributed by atoms with Crippen molar-refractivity contribution in [3.63, 3.8) is 0 Å². The van der Waals surface area contributed by atoms with E-state index in [0.29, 0.717) is 69.3 Å². The first kappa shape index (κ1) is 34.0. The van der Waals surface area contributed by atoms with Gasteiger partial charge in [-0.2, -0.15) is 0 Å². The van der Waals surface area contributed by atoms with Gasteiger partial charge in [0, 0.05) is 38.6 Å². The number of benzene rings is 1. The van der Waals surface area contributed by atoms with Crippen LogP contribution >= 0.6 is 0 Å². The smallest absolute Gasteiger partial charge is 0.410 e. The molecule has 43 heavy (non-hydrogen) atoms. The molecule has 2 heterocycles. The number of nitrogens with zero attached hydrogens (tertiary/aromatic N) is 2. The van der Waals surface area contributed by atoms with E-state index in [2.05, 4.69) is 5.32 Å². The lowest BCUT2D eigenvalue weighted by molar-refractivity contribution is -0.138. The van der Waals surface area contributed by atoms with Crippen molar-refractivity contribution in [1.29, 1.82) is 0 Å². The number of piperidine rings is 2. The molecule has 2 aliphatic heterocycles. The Bertz CT molecular complexity index is 1110. The summed E-state index contributed by atoms with van der Waals surface area (Å²) < 4.78 is 16.1. The Labute approximate surface area is 255 Å². The highest BCUT2D eigenvalue weighted by Gasteiger charge is 2.31. The molecule has 0 spiro atoms. The number of nitrogens with one attached hydrogen (secondary N) is 1. The SMILES string of the molecule is COc1ccc(CC[C@H](CC(=O)O)NC(=O)[C@@H]2CCCN(C(=O)CCC3CCN(C(=O)OC(C)(C)C)CC3)C2)cc1OC. The van der Waals surface area contributed by atoms with E-state index in [1.807, 2.05) is 32.9 Å². The number of ether oxygens (including phenoxy) is 3. The predicted molar refractivity (Wildman–Crippen MR) is 161 cm³/mol. The molecule has 2 fully saturated rings. The molecule has 3 amide bonds. The van der Waals surface area contributed by atoms with Gasteiger partial charge in [-0.05, 0) is 89.3 Å². The molecule has 0 unspecified atom stereocenters. The zero-order chi connectivity index (χ0) is 31.6. The van der Waals surface area contributed by atoms with Crippen molar-refractivity contribution >= 4 is 23.9 Å². The van der Waals surface area contributed by atoms with Crippen LogP contribution in [0.25, 0.3) is 0 Å². The second kappa shape index (κ2) is 15.8. The number of carbonyl (C=O) groups excluding carboxylic acids is 3. The Morgan fingerprint density at radius 3 is 2.33 bits per heavy atom. The first-order chi connectivity index (χ1) is 20.4. The van der Waals surface area contributed by atoms with Gasteiger partial charge in [0.25, 0.3) is 0 Å². The van der Waals surface area contributed by atoms with Gasteiger partial charge in [0.15, 0.2) is 11.5 Å². The minimum Gasteiger partial charge on any atom is -0.493 e. The van der Waals surface area contributed by atoms with E-state index < -0.39 is 17.6 Å². The van der Waals surface area contributed by atoms with Crippen LogP contribution in [0.1, 0.15) is 77.7 Å². The van der Waals surface area contributed by atoms with Crippen LogP contribution in [-0.2, 0) is 25.5 Å². The maximum absolute atomic E-state index is 13.2. The molecule has 3 rings (SSSR count). The van der Waals surface area contributed by atoms with E-state index in [0.717, 1.165) is 31.2 Å². The molecule has 11 nitrogen and oxygen atoms in total. The van der Waals surface area contributed by atoms with Gasteiger partial charge >= 0.3 is 12.1 Å². The molecule has 1 aromatic carbocycles. The van der Waals surface area contributed by atoms with Crippen LogP contribution in [-0.4, -0.2) is 90.8 Å². The number of rotatable bonds is 12. The van der Waals surface area contributed by atoms with Crippen molar-refractivity contribution in [1.82, 2.24) is 15.1 Å². The van der Waals surface area contributed by atoms with Crippen LogP contribution in [0.4, 0.5) is 4.79 Å². The number of carboxylic acids is 1.